The Balaban J connectivity index is 1.97. The van der Waals surface area contributed by atoms with Gasteiger partial charge in [0.15, 0.2) is 5.82 Å². The van der Waals surface area contributed by atoms with E-state index in [1.807, 2.05) is 0 Å². The molecule has 1 aromatic rings. The summed E-state index contributed by atoms with van der Waals surface area (Å²) in [6.45, 7) is 2.92. The molecule has 2 heterocycles. The van der Waals surface area contributed by atoms with Gasteiger partial charge in [-0.2, -0.15) is 10.4 Å². The maximum Gasteiger partial charge on any atom is 0.166 e. The normalized spacial score (nSPS) is 15.6. The average molecular weight is 189 g/mol. The van der Waals surface area contributed by atoms with E-state index in [1.54, 1.807) is 6.07 Å². The van der Waals surface area contributed by atoms with Crippen LogP contribution in [0.5, 0.6) is 0 Å². The van der Waals surface area contributed by atoms with Crippen LogP contribution in [0.25, 0.3) is 0 Å². The van der Waals surface area contributed by atoms with E-state index in [2.05, 4.69) is 26.9 Å². The Morgan fingerprint density at radius 3 is 3.14 bits per heavy atom. The maximum absolute atomic E-state index is 8.78. The number of nitriles is 1. The zero-order valence-electron chi connectivity index (χ0n) is 7.70. The van der Waals surface area contributed by atoms with Gasteiger partial charge in [0.2, 0.25) is 0 Å². The maximum atomic E-state index is 8.78. The average Bonchev–Trinajstić information content (AvgIpc) is 2.16. The first-order valence-corrected chi connectivity index (χ1v) is 4.56. The van der Waals surface area contributed by atoms with Crippen LogP contribution in [0.4, 0.5) is 5.82 Å². The summed E-state index contributed by atoms with van der Waals surface area (Å²) >= 11 is 0. The summed E-state index contributed by atoms with van der Waals surface area (Å²) in [5, 5.41) is 22.7. The summed E-state index contributed by atoms with van der Waals surface area (Å²) < 4.78 is 0. The topological polar surface area (TPSA) is 73.6 Å². The molecule has 1 saturated heterocycles. The fraction of sp³-hybridized carbons (Fsp3) is 0.444. The summed E-state index contributed by atoms with van der Waals surface area (Å²) in [5.74, 6) is 1.23. The number of hydrogen-bond donors (Lipinski definition) is 2. The van der Waals surface area contributed by atoms with E-state index in [9.17, 15) is 0 Å². The largest absolute Gasteiger partial charge is 0.367 e. The van der Waals surface area contributed by atoms with Crippen LogP contribution in [-0.4, -0.2) is 29.8 Å². The van der Waals surface area contributed by atoms with Gasteiger partial charge in [0.1, 0.15) is 6.07 Å². The van der Waals surface area contributed by atoms with E-state index in [4.69, 9.17) is 5.26 Å². The van der Waals surface area contributed by atoms with Crippen LogP contribution in [-0.2, 0) is 0 Å². The molecule has 0 bridgehead atoms. The number of rotatable bonds is 3. The monoisotopic (exact) mass is 189 g/mol. The molecule has 5 heteroatoms. The molecule has 0 aliphatic carbocycles. The summed E-state index contributed by atoms with van der Waals surface area (Å²) in [7, 11) is 0. The Bertz CT molecular complexity index is 352. The predicted octanol–water partition coefficient (Wildman–Crippen LogP) is -0.0204. The highest BCUT2D eigenvalue weighted by atomic mass is 15.2. The lowest BCUT2D eigenvalue weighted by atomic mass is 10.0. The van der Waals surface area contributed by atoms with Gasteiger partial charge in [0.05, 0.1) is 11.8 Å². The highest BCUT2D eigenvalue weighted by Crippen LogP contribution is 2.10. The molecule has 14 heavy (non-hydrogen) atoms. The van der Waals surface area contributed by atoms with Crippen molar-refractivity contribution in [3.63, 3.8) is 0 Å². The molecule has 1 aliphatic rings. The third kappa shape index (κ3) is 1.80. The van der Waals surface area contributed by atoms with Crippen LogP contribution in [0, 0.1) is 17.2 Å². The second-order valence-corrected chi connectivity index (χ2v) is 3.31. The van der Waals surface area contributed by atoms with Crippen LogP contribution in [0.1, 0.15) is 5.56 Å². The summed E-state index contributed by atoms with van der Waals surface area (Å²) in [6, 6.07) is 3.74. The lowest BCUT2D eigenvalue weighted by molar-refractivity contribution is 0.365. The summed E-state index contributed by atoms with van der Waals surface area (Å²) in [6.07, 6.45) is 1.52. The molecule has 0 unspecified atom stereocenters. The lowest BCUT2D eigenvalue weighted by Gasteiger charge is -2.27. The van der Waals surface area contributed by atoms with Crippen molar-refractivity contribution in [1.82, 2.24) is 15.5 Å². The Labute approximate surface area is 82.2 Å². The van der Waals surface area contributed by atoms with Gasteiger partial charge in [-0.1, -0.05) is 0 Å². The minimum atomic E-state index is 0.548. The highest BCUT2D eigenvalue weighted by molar-refractivity contribution is 5.50. The van der Waals surface area contributed by atoms with Crippen LogP contribution in [0.2, 0.25) is 0 Å². The van der Waals surface area contributed by atoms with Gasteiger partial charge in [0.25, 0.3) is 0 Å². The molecule has 2 rings (SSSR count). The molecular weight excluding hydrogens is 178 g/mol. The van der Waals surface area contributed by atoms with Crippen LogP contribution >= 0.6 is 0 Å². The van der Waals surface area contributed by atoms with Crippen molar-refractivity contribution in [1.29, 1.82) is 5.26 Å². The first kappa shape index (κ1) is 8.91. The van der Waals surface area contributed by atoms with Crippen molar-refractivity contribution >= 4 is 5.82 Å². The van der Waals surface area contributed by atoms with E-state index in [0.29, 0.717) is 17.3 Å². The van der Waals surface area contributed by atoms with E-state index in [1.165, 1.54) is 6.20 Å². The second kappa shape index (κ2) is 4.03. The van der Waals surface area contributed by atoms with Gasteiger partial charge < -0.3 is 10.6 Å². The van der Waals surface area contributed by atoms with Crippen molar-refractivity contribution in [2.75, 3.05) is 25.0 Å². The smallest absolute Gasteiger partial charge is 0.166 e. The third-order valence-corrected chi connectivity index (χ3v) is 2.27. The standard InChI is InChI=1S/C9H11N5/c10-3-8-1-2-13-14-9(8)12-6-7-4-11-5-7/h1-2,7,11H,4-6H2,(H,12,14). The highest BCUT2D eigenvalue weighted by Gasteiger charge is 2.16. The molecular formula is C9H11N5. The number of nitrogens with one attached hydrogen (secondary N) is 2. The third-order valence-electron chi connectivity index (χ3n) is 2.27. The molecule has 2 N–H and O–H groups in total. The number of hydrogen-bond acceptors (Lipinski definition) is 5. The number of nitrogens with zero attached hydrogens (tertiary/aromatic N) is 3. The van der Waals surface area contributed by atoms with Gasteiger partial charge >= 0.3 is 0 Å². The van der Waals surface area contributed by atoms with Gasteiger partial charge in [-0.3, -0.25) is 0 Å². The Morgan fingerprint density at radius 1 is 1.64 bits per heavy atom. The molecule has 0 atom stereocenters. The molecule has 1 aromatic heterocycles. The van der Waals surface area contributed by atoms with Crippen molar-refractivity contribution in [3.05, 3.63) is 17.8 Å². The van der Waals surface area contributed by atoms with E-state index in [-0.39, 0.29) is 0 Å². The number of aromatic nitrogens is 2. The molecule has 5 nitrogen and oxygen atoms in total. The predicted molar refractivity (Wildman–Crippen MR) is 51.6 cm³/mol. The zero-order chi connectivity index (χ0) is 9.80. The van der Waals surface area contributed by atoms with Gasteiger partial charge in [-0.15, -0.1) is 5.10 Å². The Hall–Kier alpha value is -1.67. The van der Waals surface area contributed by atoms with Crippen molar-refractivity contribution in [2.45, 2.75) is 0 Å². The Morgan fingerprint density at radius 2 is 2.50 bits per heavy atom. The first-order chi connectivity index (χ1) is 6.90. The fourth-order valence-corrected chi connectivity index (χ4v) is 1.29. The van der Waals surface area contributed by atoms with Crippen LogP contribution < -0.4 is 10.6 Å². The molecule has 0 aromatic carbocycles. The minimum Gasteiger partial charge on any atom is -0.367 e. The van der Waals surface area contributed by atoms with E-state index < -0.39 is 0 Å². The summed E-state index contributed by atoms with van der Waals surface area (Å²) in [5.41, 5.74) is 0.548. The van der Waals surface area contributed by atoms with Crippen molar-refractivity contribution < 1.29 is 0 Å². The zero-order valence-corrected chi connectivity index (χ0v) is 7.70. The van der Waals surface area contributed by atoms with Crippen molar-refractivity contribution in [2.24, 2.45) is 5.92 Å². The molecule has 0 amide bonds. The molecule has 0 spiro atoms. The van der Waals surface area contributed by atoms with Gasteiger partial charge in [-0.05, 0) is 6.07 Å². The SMILES string of the molecule is N#Cc1ccnnc1NCC1CNC1. The van der Waals surface area contributed by atoms with E-state index >= 15 is 0 Å². The van der Waals surface area contributed by atoms with Crippen LogP contribution in [0.3, 0.4) is 0 Å². The lowest BCUT2D eigenvalue weighted by Crippen LogP contribution is -2.45. The quantitative estimate of drug-likeness (QED) is 0.699. The molecule has 72 valence electrons. The fourth-order valence-electron chi connectivity index (χ4n) is 1.29. The molecule has 0 radical (unpaired) electrons. The van der Waals surface area contributed by atoms with Crippen molar-refractivity contribution in [3.8, 4) is 6.07 Å². The number of anilines is 1. The first-order valence-electron chi connectivity index (χ1n) is 4.56. The minimum absolute atomic E-state index is 0.548. The van der Waals surface area contributed by atoms with Crippen LogP contribution in [0.15, 0.2) is 12.3 Å². The summed E-state index contributed by atoms with van der Waals surface area (Å²) in [4.78, 5) is 0. The van der Waals surface area contributed by atoms with Gasteiger partial charge in [0, 0.05) is 25.6 Å². The molecule has 1 fully saturated rings. The van der Waals surface area contributed by atoms with Gasteiger partial charge in [-0.25, -0.2) is 0 Å². The second-order valence-electron chi connectivity index (χ2n) is 3.31. The van der Waals surface area contributed by atoms with E-state index in [0.717, 1.165) is 19.6 Å². The molecule has 1 aliphatic heterocycles. The molecule has 0 saturated carbocycles. The Kier molecular flexibility index (Phi) is 2.56.